The van der Waals surface area contributed by atoms with Gasteiger partial charge in [-0.15, -0.1) is 11.8 Å². The molecule has 0 aromatic heterocycles. The standard InChI is InChI=1S/C16H24N2O2S/c1-16(2,3)21-14-8-6-12(7-9-14)18-15(19)17-11-13-5-4-10-20-13/h6-9,13H,4-5,10-11H2,1-3H3,(H2,17,18,19). The van der Waals surface area contributed by atoms with E-state index >= 15 is 0 Å². The number of urea groups is 1. The Kier molecular flexibility index (Phi) is 5.53. The van der Waals surface area contributed by atoms with Gasteiger partial charge in [-0.3, -0.25) is 0 Å². The first-order valence-corrected chi connectivity index (χ1v) is 8.19. The molecular formula is C16H24N2O2S. The van der Waals surface area contributed by atoms with E-state index in [0.717, 1.165) is 25.1 Å². The van der Waals surface area contributed by atoms with Crippen molar-refractivity contribution in [2.24, 2.45) is 0 Å². The lowest BCUT2D eigenvalue weighted by Gasteiger charge is -2.17. The van der Waals surface area contributed by atoms with Crippen molar-refractivity contribution in [3.8, 4) is 0 Å². The summed E-state index contributed by atoms with van der Waals surface area (Å²) in [5.41, 5.74) is 0.804. The monoisotopic (exact) mass is 308 g/mol. The van der Waals surface area contributed by atoms with Crippen molar-refractivity contribution < 1.29 is 9.53 Å². The Labute approximate surface area is 131 Å². The van der Waals surface area contributed by atoms with E-state index in [1.54, 1.807) is 0 Å². The van der Waals surface area contributed by atoms with Crippen molar-refractivity contribution in [3.63, 3.8) is 0 Å². The van der Waals surface area contributed by atoms with E-state index in [0.29, 0.717) is 6.54 Å². The average molecular weight is 308 g/mol. The lowest BCUT2D eigenvalue weighted by molar-refractivity contribution is 0.112. The summed E-state index contributed by atoms with van der Waals surface area (Å²) in [7, 11) is 0. The molecule has 1 aromatic carbocycles. The van der Waals surface area contributed by atoms with Gasteiger partial charge < -0.3 is 15.4 Å². The number of thioether (sulfide) groups is 1. The van der Waals surface area contributed by atoms with Crippen molar-refractivity contribution in [3.05, 3.63) is 24.3 Å². The van der Waals surface area contributed by atoms with E-state index in [2.05, 4.69) is 31.4 Å². The van der Waals surface area contributed by atoms with Crippen molar-refractivity contribution >= 4 is 23.5 Å². The summed E-state index contributed by atoms with van der Waals surface area (Å²) in [6.07, 6.45) is 2.28. The number of rotatable bonds is 4. The van der Waals surface area contributed by atoms with Crippen LogP contribution >= 0.6 is 11.8 Å². The molecular weight excluding hydrogens is 284 g/mol. The molecule has 5 heteroatoms. The van der Waals surface area contributed by atoms with Crippen LogP contribution in [0.4, 0.5) is 10.5 Å². The van der Waals surface area contributed by atoms with Crippen molar-refractivity contribution in [2.75, 3.05) is 18.5 Å². The second kappa shape index (κ2) is 7.18. The molecule has 1 saturated heterocycles. The van der Waals surface area contributed by atoms with Gasteiger partial charge in [0.2, 0.25) is 0 Å². The first-order valence-electron chi connectivity index (χ1n) is 7.38. The number of ether oxygens (including phenoxy) is 1. The topological polar surface area (TPSA) is 50.4 Å². The molecule has 1 unspecified atom stereocenters. The van der Waals surface area contributed by atoms with Crippen LogP contribution in [-0.4, -0.2) is 30.0 Å². The smallest absolute Gasteiger partial charge is 0.319 e. The summed E-state index contributed by atoms with van der Waals surface area (Å²) in [5.74, 6) is 0. The molecule has 1 aromatic rings. The molecule has 1 fully saturated rings. The SMILES string of the molecule is CC(C)(C)Sc1ccc(NC(=O)NCC2CCCO2)cc1. The van der Waals surface area contributed by atoms with E-state index in [4.69, 9.17) is 4.74 Å². The third kappa shape index (κ3) is 5.98. The van der Waals surface area contributed by atoms with Gasteiger partial charge >= 0.3 is 6.03 Å². The highest BCUT2D eigenvalue weighted by atomic mass is 32.2. The van der Waals surface area contributed by atoms with Gasteiger partial charge in [-0.1, -0.05) is 20.8 Å². The van der Waals surface area contributed by atoms with Gasteiger partial charge in [0.15, 0.2) is 0 Å². The zero-order valence-corrected chi connectivity index (χ0v) is 13.8. The third-order valence-electron chi connectivity index (χ3n) is 3.05. The van der Waals surface area contributed by atoms with Gasteiger partial charge in [0.25, 0.3) is 0 Å². The molecule has 4 nitrogen and oxygen atoms in total. The largest absolute Gasteiger partial charge is 0.376 e. The molecule has 2 rings (SSSR count). The molecule has 21 heavy (non-hydrogen) atoms. The van der Waals surface area contributed by atoms with Gasteiger partial charge in [0, 0.05) is 28.5 Å². The second-order valence-corrected chi connectivity index (χ2v) is 8.11. The summed E-state index contributed by atoms with van der Waals surface area (Å²) < 4.78 is 5.66. The highest BCUT2D eigenvalue weighted by Gasteiger charge is 2.16. The molecule has 116 valence electrons. The van der Waals surface area contributed by atoms with Gasteiger partial charge in [-0.2, -0.15) is 0 Å². The fraction of sp³-hybridized carbons (Fsp3) is 0.562. The number of anilines is 1. The zero-order chi connectivity index (χ0) is 15.3. The molecule has 0 spiro atoms. The Morgan fingerprint density at radius 3 is 2.62 bits per heavy atom. The number of carbonyl (C=O) groups is 1. The maximum Gasteiger partial charge on any atom is 0.319 e. The average Bonchev–Trinajstić information content (AvgIpc) is 2.90. The van der Waals surface area contributed by atoms with Crippen molar-refractivity contribution in [1.29, 1.82) is 0 Å². The third-order valence-corrected chi connectivity index (χ3v) is 4.17. The van der Waals surface area contributed by atoms with Crippen LogP contribution in [0.5, 0.6) is 0 Å². The zero-order valence-electron chi connectivity index (χ0n) is 12.9. The minimum absolute atomic E-state index is 0.168. The molecule has 2 N–H and O–H groups in total. The van der Waals surface area contributed by atoms with E-state index in [-0.39, 0.29) is 16.9 Å². The summed E-state index contributed by atoms with van der Waals surface area (Å²) in [5, 5.41) is 5.69. The maximum absolute atomic E-state index is 11.8. The number of carbonyl (C=O) groups excluding carboxylic acids is 1. The van der Waals surface area contributed by atoms with Crippen LogP contribution in [0.3, 0.4) is 0 Å². The van der Waals surface area contributed by atoms with E-state index in [1.165, 1.54) is 4.90 Å². The molecule has 2 amide bonds. The highest BCUT2D eigenvalue weighted by molar-refractivity contribution is 8.00. The molecule has 0 saturated carbocycles. The van der Waals surface area contributed by atoms with Crippen LogP contribution in [0.15, 0.2) is 29.2 Å². The first kappa shape index (κ1) is 16.2. The lowest BCUT2D eigenvalue weighted by Crippen LogP contribution is -2.34. The minimum atomic E-state index is -0.179. The molecule has 0 aliphatic carbocycles. The number of hydrogen-bond donors (Lipinski definition) is 2. The summed E-state index contributed by atoms with van der Waals surface area (Å²) >= 11 is 1.81. The Morgan fingerprint density at radius 2 is 2.05 bits per heavy atom. The summed E-state index contributed by atoms with van der Waals surface area (Å²) in [6.45, 7) is 7.93. The Bertz CT molecular complexity index is 462. The molecule has 0 bridgehead atoms. The predicted molar refractivity (Wildman–Crippen MR) is 88.0 cm³/mol. The number of hydrogen-bond acceptors (Lipinski definition) is 3. The maximum atomic E-state index is 11.8. The quantitative estimate of drug-likeness (QED) is 0.830. The van der Waals surface area contributed by atoms with Gasteiger partial charge in [0.1, 0.15) is 0 Å². The summed E-state index contributed by atoms with van der Waals surface area (Å²) in [6, 6.07) is 7.75. The van der Waals surface area contributed by atoms with Gasteiger partial charge in [-0.25, -0.2) is 4.79 Å². The summed E-state index contributed by atoms with van der Waals surface area (Å²) in [4.78, 5) is 13.0. The fourth-order valence-corrected chi connectivity index (χ4v) is 3.13. The molecule has 0 radical (unpaired) electrons. The Balaban J connectivity index is 1.78. The highest BCUT2D eigenvalue weighted by Crippen LogP contribution is 2.32. The van der Waals surface area contributed by atoms with E-state index < -0.39 is 0 Å². The van der Waals surface area contributed by atoms with Gasteiger partial charge in [-0.05, 0) is 37.1 Å². The number of amides is 2. The minimum Gasteiger partial charge on any atom is -0.376 e. The van der Waals surface area contributed by atoms with Crippen LogP contribution in [0.25, 0.3) is 0 Å². The van der Waals surface area contributed by atoms with Crippen LogP contribution in [0, 0.1) is 0 Å². The first-order chi connectivity index (χ1) is 9.92. The van der Waals surface area contributed by atoms with E-state index in [9.17, 15) is 4.79 Å². The lowest BCUT2D eigenvalue weighted by atomic mass is 10.2. The number of benzene rings is 1. The predicted octanol–water partition coefficient (Wildman–Crippen LogP) is 3.88. The number of nitrogens with one attached hydrogen (secondary N) is 2. The van der Waals surface area contributed by atoms with E-state index in [1.807, 2.05) is 36.0 Å². The fourth-order valence-electron chi connectivity index (χ4n) is 2.15. The van der Waals surface area contributed by atoms with Crippen LogP contribution < -0.4 is 10.6 Å². The van der Waals surface area contributed by atoms with Crippen LogP contribution in [0.2, 0.25) is 0 Å². The van der Waals surface area contributed by atoms with Crippen molar-refractivity contribution in [1.82, 2.24) is 5.32 Å². The Morgan fingerprint density at radius 1 is 1.33 bits per heavy atom. The molecule has 1 aliphatic heterocycles. The van der Waals surface area contributed by atoms with Crippen molar-refractivity contribution in [2.45, 2.75) is 49.4 Å². The molecule has 1 aliphatic rings. The van der Waals surface area contributed by atoms with Crippen LogP contribution in [0.1, 0.15) is 33.6 Å². The molecule has 1 atom stereocenters. The van der Waals surface area contributed by atoms with Gasteiger partial charge in [0.05, 0.1) is 6.10 Å². The van der Waals surface area contributed by atoms with Crippen LogP contribution in [-0.2, 0) is 4.74 Å². The second-order valence-electron chi connectivity index (χ2n) is 6.21. The molecule has 1 heterocycles. The normalized spacial score (nSPS) is 18.5. The Hall–Kier alpha value is -1.20.